The van der Waals surface area contributed by atoms with Crippen molar-refractivity contribution in [3.8, 4) is 17.2 Å². The minimum Gasteiger partial charge on any atom is -0.490 e. The van der Waals surface area contributed by atoms with Gasteiger partial charge in [-0.3, -0.25) is 9.59 Å². The summed E-state index contributed by atoms with van der Waals surface area (Å²) in [5.74, 6) is -0.936. The predicted octanol–water partition coefficient (Wildman–Crippen LogP) is 3.23. The van der Waals surface area contributed by atoms with Gasteiger partial charge in [0.05, 0.1) is 30.9 Å². The molecule has 0 saturated heterocycles. The summed E-state index contributed by atoms with van der Waals surface area (Å²) in [5.41, 5.74) is 5.60. The lowest BCUT2D eigenvalue weighted by Crippen LogP contribution is -2.30. The van der Waals surface area contributed by atoms with Crippen molar-refractivity contribution in [2.24, 2.45) is 5.73 Å². The summed E-state index contributed by atoms with van der Waals surface area (Å²) in [7, 11) is 0. The highest BCUT2D eigenvalue weighted by atomic mass is 32.1. The standard InChI is InChI=1S/C21H26N2O7S/c1-5-27-15-10-13(11-16(28-6-2)17(15)29-7-3)21(26)30-12(4)19(25)23-20-14(18(22)24)8-9-31-20/h8-12H,5-7H2,1-4H3,(H2,22,24)(H,23,25)/t12-/m1/s1. The number of carbonyl (C=O) groups is 3. The number of nitrogens with one attached hydrogen (secondary N) is 1. The molecule has 1 aromatic carbocycles. The monoisotopic (exact) mass is 450 g/mol. The van der Waals surface area contributed by atoms with Gasteiger partial charge in [-0.05, 0) is 51.3 Å². The first kappa shape index (κ1) is 24.0. The van der Waals surface area contributed by atoms with Crippen molar-refractivity contribution in [3.63, 3.8) is 0 Å². The fourth-order valence-corrected chi connectivity index (χ4v) is 3.40. The van der Waals surface area contributed by atoms with E-state index in [2.05, 4.69) is 5.32 Å². The maximum absolute atomic E-state index is 12.7. The zero-order chi connectivity index (χ0) is 23.0. The summed E-state index contributed by atoms with van der Waals surface area (Å²) in [4.78, 5) is 36.5. The van der Waals surface area contributed by atoms with Crippen molar-refractivity contribution < 1.29 is 33.3 Å². The number of benzene rings is 1. The summed E-state index contributed by atoms with van der Waals surface area (Å²) in [6.45, 7) is 7.95. The number of hydrogen-bond donors (Lipinski definition) is 2. The van der Waals surface area contributed by atoms with Crippen LogP contribution in [0.3, 0.4) is 0 Å². The van der Waals surface area contributed by atoms with Crippen molar-refractivity contribution in [3.05, 3.63) is 34.7 Å². The molecule has 3 N–H and O–H groups in total. The topological polar surface area (TPSA) is 126 Å². The number of amides is 2. The molecule has 0 unspecified atom stereocenters. The summed E-state index contributed by atoms with van der Waals surface area (Å²) in [5, 5.41) is 4.46. The molecule has 168 valence electrons. The average molecular weight is 451 g/mol. The van der Waals surface area contributed by atoms with Crippen LogP contribution in [0.25, 0.3) is 0 Å². The first-order chi connectivity index (χ1) is 14.8. The summed E-state index contributed by atoms with van der Waals surface area (Å²) >= 11 is 1.14. The van der Waals surface area contributed by atoms with Gasteiger partial charge >= 0.3 is 5.97 Å². The van der Waals surface area contributed by atoms with Gasteiger partial charge in [0.1, 0.15) is 5.00 Å². The van der Waals surface area contributed by atoms with Gasteiger partial charge in [-0.1, -0.05) is 0 Å². The lowest BCUT2D eigenvalue weighted by molar-refractivity contribution is -0.123. The molecule has 31 heavy (non-hydrogen) atoms. The molecule has 1 atom stereocenters. The molecule has 0 bridgehead atoms. The number of nitrogens with two attached hydrogens (primary N) is 1. The zero-order valence-corrected chi connectivity index (χ0v) is 18.7. The summed E-state index contributed by atoms with van der Waals surface area (Å²) < 4.78 is 22.1. The molecule has 0 aliphatic carbocycles. The van der Waals surface area contributed by atoms with E-state index in [4.69, 9.17) is 24.7 Å². The number of thiophene rings is 1. The van der Waals surface area contributed by atoms with Crippen LogP contribution in [-0.4, -0.2) is 43.7 Å². The SMILES string of the molecule is CCOc1cc(C(=O)O[C@H](C)C(=O)Nc2sccc2C(N)=O)cc(OCC)c1OCC. The van der Waals surface area contributed by atoms with Crippen molar-refractivity contribution in [1.82, 2.24) is 0 Å². The Labute approximate surface area is 184 Å². The van der Waals surface area contributed by atoms with Gasteiger partial charge in [0.15, 0.2) is 17.6 Å². The van der Waals surface area contributed by atoms with Gasteiger partial charge in [-0.2, -0.15) is 0 Å². The van der Waals surface area contributed by atoms with Crippen LogP contribution in [0.5, 0.6) is 17.2 Å². The molecule has 1 heterocycles. The van der Waals surface area contributed by atoms with E-state index >= 15 is 0 Å². The molecule has 2 amide bonds. The normalized spacial score (nSPS) is 11.4. The minimum atomic E-state index is -1.13. The Hall–Kier alpha value is -3.27. The third-order valence-electron chi connectivity index (χ3n) is 3.97. The van der Waals surface area contributed by atoms with Gasteiger partial charge in [0, 0.05) is 0 Å². The van der Waals surface area contributed by atoms with Crippen LogP contribution in [0.1, 0.15) is 48.4 Å². The van der Waals surface area contributed by atoms with Crippen LogP contribution >= 0.6 is 11.3 Å². The number of esters is 1. The molecular formula is C21H26N2O7S. The molecule has 2 aromatic rings. The lowest BCUT2D eigenvalue weighted by Gasteiger charge is -2.18. The molecule has 0 aliphatic rings. The van der Waals surface area contributed by atoms with Crippen LogP contribution in [0.2, 0.25) is 0 Å². The Morgan fingerprint density at radius 1 is 1.03 bits per heavy atom. The van der Waals surface area contributed by atoms with Crippen molar-refractivity contribution >= 4 is 34.1 Å². The Bertz CT molecular complexity index is 915. The van der Waals surface area contributed by atoms with Gasteiger partial charge in [-0.25, -0.2) is 4.79 Å². The van der Waals surface area contributed by atoms with Gasteiger partial charge < -0.3 is 30.0 Å². The van der Waals surface area contributed by atoms with E-state index < -0.39 is 23.9 Å². The third kappa shape index (κ3) is 6.11. The van der Waals surface area contributed by atoms with E-state index in [0.717, 1.165) is 11.3 Å². The first-order valence-electron chi connectivity index (χ1n) is 9.77. The summed E-state index contributed by atoms with van der Waals surface area (Å²) in [6.07, 6.45) is -1.13. The second-order valence-corrected chi connectivity index (χ2v) is 7.08. The van der Waals surface area contributed by atoms with Crippen LogP contribution < -0.4 is 25.3 Å². The van der Waals surface area contributed by atoms with E-state index in [1.165, 1.54) is 25.1 Å². The molecule has 0 saturated carbocycles. The Balaban J connectivity index is 2.20. The maximum atomic E-state index is 12.7. The van der Waals surface area contributed by atoms with Gasteiger partial charge in [0.2, 0.25) is 5.75 Å². The quantitative estimate of drug-likeness (QED) is 0.503. The second-order valence-electron chi connectivity index (χ2n) is 6.17. The van der Waals surface area contributed by atoms with E-state index in [-0.39, 0.29) is 11.1 Å². The molecular weight excluding hydrogens is 424 g/mol. The van der Waals surface area contributed by atoms with E-state index in [1.807, 2.05) is 6.92 Å². The van der Waals surface area contributed by atoms with E-state index in [9.17, 15) is 14.4 Å². The Kier molecular flexibility index (Phi) is 8.68. The van der Waals surface area contributed by atoms with Crippen LogP contribution in [-0.2, 0) is 9.53 Å². The highest BCUT2D eigenvalue weighted by Crippen LogP contribution is 2.39. The van der Waals surface area contributed by atoms with E-state index in [0.29, 0.717) is 42.1 Å². The average Bonchev–Trinajstić information content (AvgIpc) is 3.18. The number of carbonyl (C=O) groups excluding carboxylic acids is 3. The molecule has 9 nitrogen and oxygen atoms in total. The lowest BCUT2D eigenvalue weighted by atomic mass is 10.1. The van der Waals surface area contributed by atoms with Crippen molar-refractivity contribution in [1.29, 1.82) is 0 Å². The molecule has 1 aromatic heterocycles. The number of anilines is 1. The Morgan fingerprint density at radius 2 is 1.61 bits per heavy atom. The zero-order valence-electron chi connectivity index (χ0n) is 17.9. The molecule has 0 radical (unpaired) electrons. The predicted molar refractivity (Wildman–Crippen MR) is 116 cm³/mol. The summed E-state index contributed by atoms with van der Waals surface area (Å²) in [6, 6.07) is 4.46. The maximum Gasteiger partial charge on any atom is 0.339 e. The fraction of sp³-hybridized carbons (Fsp3) is 0.381. The first-order valence-corrected chi connectivity index (χ1v) is 10.7. The Morgan fingerprint density at radius 3 is 2.13 bits per heavy atom. The largest absolute Gasteiger partial charge is 0.490 e. The fourth-order valence-electron chi connectivity index (χ4n) is 2.60. The van der Waals surface area contributed by atoms with Crippen molar-refractivity contribution in [2.75, 3.05) is 25.1 Å². The second kappa shape index (κ2) is 11.2. The van der Waals surface area contributed by atoms with Crippen LogP contribution in [0.15, 0.2) is 23.6 Å². The number of rotatable bonds is 11. The minimum absolute atomic E-state index is 0.143. The van der Waals surface area contributed by atoms with Gasteiger partial charge in [0.25, 0.3) is 11.8 Å². The highest BCUT2D eigenvalue weighted by Gasteiger charge is 2.24. The molecule has 0 spiro atoms. The number of ether oxygens (including phenoxy) is 4. The highest BCUT2D eigenvalue weighted by molar-refractivity contribution is 7.14. The molecule has 10 heteroatoms. The van der Waals surface area contributed by atoms with Crippen LogP contribution in [0.4, 0.5) is 5.00 Å². The third-order valence-corrected chi connectivity index (χ3v) is 4.80. The van der Waals surface area contributed by atoms with Crippen molar-refractivity contribution in [2.45, 2.75) is 33.8 Å². The van der Waals surface area contributed by atoms with Gasteiger partial charge in [-0.15, -0.1) is 11.3 Å². The molecule has 0 fully saturated rings. The molecule has 0 aliphatic heterocycles. The van der Waals surface area contributed by atoms with E-state index in [1.54, 1.807) is 19.2 Å². The number of hydrogen-bond acceptors (Lipinski definition) is 8. The van der Waals surface area contributed by atoms with Crippen LogP contribution in [0, 0.1) is 0 Å². The number of primary amides is 1. The molecule has 2 rings (SSSR count). The smallest absolute Gasteiger partial charge is 0.339 e.